The van der Waals surface area contributed by atoms with Gasteiger partial charge in [0, 0.05) is 25.7 Å². The molecule has 8 nitrogen and oxygen atoms in total. The highest BCUT2D eigenvalue weighted by Gasteiger charge is 2.13. The van der Waals surface area contributed by atoms with E-state index in [2.05, 4.69) is 15.5 Å². The van der Waals surface area contributed by atoms with Gasteiger partial charge in [0.25, 0.3) is 0 Å². The van der Waals surface area contributed by atoms with Crippen LogP contribution in [0.3, 0.4) is 0 Å². The highest BCUT2D eigenvalue weighted by molar-refractivity contribution is 7.99. The maximum Gasteiger partial charge on any atom is 0.209 e. The van der Waals surface area contributed by atoms with Crippen LogP contribution < -0.4 is 0 Å². The number of hydrogen-bond acceptors (Lipinski definition) is 8. The summed E-state index contributed by atoms with van der Waals surface area (Å²) in [6.07, 6.45) is 0.157. The van der Waals surface area contributed by atoms with Crippen LogP contribution in [0.2, 0.25) is 0 Å². The fourth-order valence-corrected chi connectivity index (χ4v) is 3.27. The first-order valence-corrected chi connectivity index (χ1v) is 8.98. The molecule has 0 aliphatic carbocycles. The summed E-state index contributed by atoms with van der Waals surface area (Å²) in [5.41, 5.74) is 0. The molecule has 0 aromatic carbocycles. The van der Waals surface area contributed by atoms with Crippen molar-refractivity contribution in [3.8, 4) is 0 Å². The predicted molar refractivity (Wildman–Crippen MR) is 75.3 cm³/mol. The average Bonchev–Trinajstić information content (AvgIpc) is 2.88. The lowest BCUT2D eigenvalue weighted by Crippen LogP contribution is -2.22. The topological polar surface area (TPSA) is 96.2 Å². The summed E-state index contributed by atoms with van der Waals surface area (Å²) in [5, 5.41) is 12.0. The van der Waals surface area contributed by atoms with Crippen LogP contribution >= 0.6 is 11.8 Å². The van der Waals surface area contributed by atoms with Crippen molar-refractivity contribution in [3.63, 3.8) is 0 Å². The number of methoxy groups -OCH3 is 2. The van der Waals surface area contributed by atoms with Crippen molar-refractivity contribution in [2.45, 2.75) is 31.3 Å². The van der Waals surface area contributed by atoms with Crippen molar-refractivity contribution in [2.24, 2.45) is 0 Å². The van der Waals surface area contributed by atoms with Gasteiger partial charge in [-0.2, -0.15) is 0 Å². The van der Waals surface area contributed by atoms with Crippen molar-refractivity contribution in [2.75, 3.05) is 31.5 Å². The lowest BCUT2D eigenvalue weighted by Gasteiger charge is -2.13. The van der Waals surface area contributed by atoms with Crippen molar-refractivity contribution < 1.29 is 17.9 Å². The van der Waals surface area contributed by atoms with Crippen molar-refractivity contribution in [1.29, 1.82) is 0 Å². The van der Waals surface area contributed by atoms with Gasteiger partial charge in [-0.3, -0.25) is 0 Å². The van der Waals surface area contributed by atoms with E-state index in [1.807, 2.05) is 0 Å². The molecule has 0 bridgehead atoms. The van der Waals surface area contributed by atoms with E-state index in [4.69, 9.17) is 9.47 Å². The smallest absolute Gasteiger partial charge is 0.209 e. The Labute approximate surface area is 123 Å². The molecule has 1 heterocycles. The molecule has 10 heteroatoms. The highest BCUT2D eigenvalue weighted by atomic mass is 32.2. The number of aromatic nitrogens is 4. The van der Waals surface area contributed by atoms with E-state index in [1.54, 1.807) is 25.8 Å². The van der Waals surface area contributed by atoms with Gasteiger partial charge >= 0.3 is 0 Å². The molecule has 0 unspecified atom stereocenters. The number of tetrazole rings is 1. The Morgan fingerprint density at radius 2 is 2.05 bits per heavy atom. The molecular formula is C10H20N4O4S2. The number of ether oxygens (including phenoxy) is 2. The fraction of sp³-hybridized carbons (Fsp3) is 0.900. The molecular weight excluding hydrogens is 304 g/mol. The summed E-state index contributed by atoms with van der Waals surface area (Å²) in [4.78, 5) is 0. The molecule has 0 saturated heterocycles. The van der Waals surface area contributed by atoms with E-state index in [1.165, 1.54) is 11.8 Å². The minimum Gasteiger partial charge on any atom is -0.354 e. The van der Waals surface area contributed by atoms with Crippen LogP contribution in [0.1, 0.15) is 13.3 Å². The molecule has 1 aromatic rings. The molecule has 0 amide bonds. The third kappa shape index (κ3) is 5.73. The highest BCUT2D eigenvalue weighted by Crippen LogP contribution is 2.16. The van der Waals surface area contributed by atoms with Gasteiger partial charge in [0.15, 0.2) is 6.29 Å². The average molecular weight is 324 g/mol. The van der Waals surface area contributed by atoms with E-state index in [0.29, 0.717) is 23.9 Å². The van der Waals surface area contributed by atoms with Gasteiger partial charge in [0.2, 0.25) is 5.16 Å². The van der Waals surface area contributed by atoms with Crippen LogP contribution in [0, 0.1) is 0 Å². The standard InChI is InChI=1S/C10H20N4O4S2/c1-4-20(15,16)7-5-6-19-10-11-12-13-14(10)8-9(17-2)18-3/h9H,4-8H2,1-3H3. The second-order valence-corrected chi connectivity index (χ2v) is 7.52. The Bertz CT molecular complexity index is 487. The Morgan fingerprint density at radius 1 is 1.35 bits per heavy atom. The first kappa shape index (κ1) is 17.3. The van der Waals surface area contributed by atoms with Crippen molar-refractivity contribution >= 4 is 21.6 Å². The fourth-order valence-electron chi connectivity index (χ4n) is 1.39. The molecule has 0 N–H and O–H groups in total. The van der Waals surface area contributed by atoms with Crippen LogP contribution in [0.25, 0.3) is 0 Å². The monoisotopic (exact) mass is 324 g/mol. The lowest BCUT2D eigenvalue weighted by molar-refractivity contribution is -0.113. The van der Waals surface area contributed by atoms with E-state index in [0.717, 1.165) is 0 Å². The Morgan fingerprint density at radius 3 is 2.65 bits per heavy atom. The Balaban J connectivity index is 2.43. The van der Waals surface area contributed by atoms with Crippen LogP contribution in [-0.2, 0) is 25.9 Å². The zero-order valence-corrected chi connectivity index (χ0v) is 13.5. The Kier molecular flexibility index (Phi) is 7.41. The van der Waals surface area contributed by atoms with Gasteiger partial charge in [-0.1, -0.05) is 18.7 Å². The summed E-state index contributed by atoms with van der Waals surface area (Å²) in [6, 6.07) is 0. The van der Waals surface area contributed by atoms with Crippen molar-refractivity contribution in [3.05, 3.63) is 0 Å². The Hall–Kier alpha value is -0.710. The van der Waals surface area contributed by atoms with Crippen molar-refractivity contribution in [1.82, 2.24) is 20.2 Å². The molecule has 1 aromatic heterocycles. The van der Waals surface area contributed by atoms with Crippen LogP contribution in [0.4, 0.5) is 0 Å². The second-order valence-electron chi connectivity index (χ2n) is 3.98. The second kappa shape index (κ2) is 8.55. The van der Waals surface area contributed by atoms with Gasteiger partial charge in [0.1, 0.15) is 9.84 Å². The molecule has 0 fully saturated rings. The van der Waals surface area contributed by atoms with Crippen LogP contribution in [0.5, 0.6) is 0 Å². The van der Waals surface area contributed by atoms with Gasteiger partial charge in [-0.05, 0) is 16.8 Å². The minimum atomic E-state index is -2.91. The molecule has 1 rings (SSSR count). The third-order valence-electron chi connectivity index (χ3n) is 2.62. The zero-order valence-electron chi connectivity index (χ0n) is 11.9. The molecule has 116 valence electrons. The normalized spacial score (nSPS) is 12.2. The number of sulfone groups is 1. The van der Waals surface area contributed by atoms with E-state index in [-0.39, 0.29) is 11.5 Å². The summed E-state index contributed by atoms with van der Waals surface area (Å²) >= 11 is 1.42. The van der Waals surface area contributed by atoms with Gasteiger partial charge in [0.05, 0.1) is 12.3 Å². The first-order chi connectivity index (χ1) is 9.52. The summed E-state index contributed by atoms with van der Waals surface area (Å²) in [5.74, 6) is 1.01. The molecule has 0 saturated carbocycles. The first-order valence-electron chi connectivity index (χ1n) is 6.17. The van der Waals surface area contributed by atoms with Gasteiger partial charge in [-0.15, -0.1) is 5.10 Å². The van der Waals surface area contributed by atoms with Crippen LogP contribution in [0.15, 0.2) is 5.16 Å². The molecule has 0 aliphatic rings. The SMILES string of the molecule is CCS(=O)(=O)CCCSc1nnnn1CC(OC)OC. The largest absolute Gasteiger partial charge is 0.354 e. The van der Waals surface area contributed by atoms with E-state index >= 15 is 0 Å². The lowest BCUT2D eigenvalue weighted by atomic mass is 10.6. The molecule has 0 aliphatic heterocycles. The quantitative estimate of drug-likeness (QED) is 0.342. The maximum atomic E-state index is 11.4. The predicted octanol–water partition coefficient (Wildman–Crippen LogP) is 0.209. The molecule has 0 radical (unpaired) electrons. The van der Waals surface area contributed by atoms with Gasteiger partial charge < -0.3 is 9.47 Å². The van der Waals surface area contributed by atoms with E-state index in [9.17, 15) is 8.42 Å². The molecule has 0 spiro atoms. The number of thioether (sulfide) groups is 1. The zero-order chi connectivity index (χ0) is 15.0. The number of hydrogen-bond donors (Lipinski definition) is 0. The molecule has 20 heavy (non-hydrogen) atoms. The summed E-state index contributed by atoms with van der Waals surface area (Å²) in [6.45, 7) is 2.04. The van der Waals surface area contributed by atoms with Crippen LogP contribution in [-0.4, -0.2) is 66.4 Å². The maximum absolute atomic E-state index is 11.4. The summed E-state index contributed by atoms with van der Waals surface area (Å²) < 4.78 is 34.5. The van der Waals surface area contributed by atoms with Gasteiger partial charge in [-0.25, -0.2) is 13.1 Å². The third-order valence-corrected chi connectivity index (χ3v) is 5.45. The molecule has 0 atom stereocenters. The number of rotatable bonds is 10. The number of nitrogens with zero attached hydrogens (tertiary/aromatic N) is 4. The minimum absolute atomic E-state index is 0.179. The van der Waals surface area contributed by atoms with E-state index < -0.39 is 16.1 Å². The summed E-state index contributed by atoms with van der Waals surface area (Å²) in [7, 11) is 0.176.